The normalized spacial score (nSPS) is 11.7. The van der Waals surface area contributed by atoms with Gasteiger partial charge in [0.1, 0.15) is 5.82 Å². The average Bonchev–Trinajstić information content (AvgIpc) is 2.29. The van der Waals surface area contributed by atoms with Crippen molar-refractivity contribution in [3.63, 3.8) is 0 Å². The molecule has 1 atom stereocenters. The maximum atomic E-state index is 13.1. The first-order valence-corrected chi connectivity index (χ1v) is 6.13. The molecule has 1 N–H and O–H groups in total. The van der Waals surface area contributed by atoms with Gasteiger partial charge in [-0.15, -0.1) is 11.8 Å². The summed E-state index contributed by atoms with van der Waals surface area (Å²) in [6, 6.07) is 7.20. The highest BCUT2D eigenvalue weighted by atomic mass is 19.1. The molecule has 0 saturated heterocycles. The topological polar surface area (TPSA) is 12.0 Å². The van der Waals surface area contributed by atoms with E-state index in [2.05, 4.69) is 24.1 Å². The van der Waals surface area contributed by atoms with Crippen LogP contribution in [0.2, 0.25) is 0 Å². The third-order valence-electron chi connectivity index (χ3n) is 2.66. The molecule has 0 heterocycles. The minimum Gasteiger partial charge on any atom is -0.314 e. The van der Waals surface area contributed by atoms with E-state index in [4.69, 9.17) is 0 Å². The number of halogens is 1. The Morgan fingerprint density at radius 1 is 1.41 bits per heavy atom. The van der Waals surface area contributed by atoms with Crippen LogP contribution >= 0.6 is 0 Å². The third kappa shape index (κ3) is 5.51. The highest BCUT2D eigenvalue weighted by Gasteiger charge is 2.07. The van der Waals surface area contributed by atoms with Crippen LogP contribution in [-0.4, -0.2) is 12.6 Å². The van der Waals surface area contributed by atoms with E-state index in [1.54, 1.807) is 12.1 Å². The molecule has 2 heteroatoms. The van der Waals surface area contributed by atoms with Crippen molar-refractivity contribution in [2.24, 2.45) is 0 Å². The molecule has 0 aliphatic carbocycles. The summed E-state index contributed by atoms with van der Waals surface area (Å²) in [5, 5.41) is 3.42. The van der Waals surface area contributed by atoms with Crippen LogP contribution in [0.25, 0.3) is 0 Å². The van der Waals surface area contributed by atoms with Crippen molar-refractivity contribution in [2.45, 2.75) is 39.2 Å². The number of hydrogen-bond donors (Lipinski definition) is 1. The molecule has 0 fully saturated rings. The summed E-state index contributed by atoms with van der Waals surface area (Å²) >= 11 is 0. The molecule has 0 amide bonds. The lowest BCUT2D eigenvalue weighted by molar-refractivity contribution is 0.496. The van der Waals surface area contributed by atoms with Crippen LogP contribution in [0.15, 0.2) is 24.3 Å². The van der Waals surface area contributed by atoms with Crippen molar-refractivity contribution in [3.05, 3.63) is 35.6 Å². The minimum absolute atomic E-state index is 0.161. The molecule has 0 bridgehead atoms. The first kappa shape index (κ1) is 13.7. The Kier molecular flexibility index (Phi) is 6.35. The van der Waals surface area contributed by atoms with Crippen LogP contribution in [-0.2, 0) is 6.42 Å². The summed E-state index contributed by atoms with van der Waals surface area (Å²) in [4.78, 5) is 0. The van der Waals surface area contributed by atoms with Crippen LogP contribution in [0.1, 0.15) is 32.3 Å². The zero-order chi connectivity index (χ0) is 12.5. The maximum Gasteiger partial charge on any atom is 0.123 e. The highest BCUT2D eigenvalue weighted by Crippen LogP contribution is 2.09. The van der Waals surface area contributed by atoms with E-state index < -0.39 is 0 Å². The predicted octanol–water partition coefficient (Wildman–Crippen LogP) is 3.15. The lowest BCUT2D eigenvalue weighted by Gasteiger charge is -2.16. The van der Waals surface area contributed by atoms with Crippen molar-refractivity contribution < 1.29 is 4.39 Å². The number of likely N-dealkylation sites (N-methyl/N-ethyl adjacent to an activating group) is 1. The summed E-state index contributed by atoms with van der Waals surface area (Å²) in [7, 11) is 0. The number of nitrogens with one attached hydrogen (secondary N) is 1. The van der Waals surface area contributed by atoms with Crippen molar-refractivity contribution in [2.75, 3.05) is 6.54 Å². The van der Waals surface area contributed by atoms with E-state index in [1.807, 2.05) is 13.0 Å². The lowest BCUT2D eigenvalue weighted by Crippen LogP contribution is -2.30. The third-order valence-corrected chi connectivity index (χ3v) is 2.66. The maximum absolute atomic E-state index is 13.1. The number of rotatable bonds is 6. The van der Waals surface area contributed by atoms with Gasteiger partial charge in [0.15, 0.2) is 0 Å². The molecule has 1 nitrogen and oxygen atoms in total. The molecule has 0 aromatic heterocycles. The zero-order valence-corrected chi connectivity index (χ0v) is 10.6. The molecule has 1 aromatic rings. The Bertz CT molecular complexity index is 389. The second-order valence-corrected chi connectivity index (χ2v) is 4.05. The second kappa shape index (κ2) is 7.86. The Labute approximate surface area is 103 Å². The van der Waals surface area contributed by atoms with Crippen molar-refractivity contribution in [1.82, 2.24) is 5.32 Å². The zero-order valence-electron chi connectivity index (χ0n) is 10.6. The van der Waals surface area contributed by atoms with Gasteiger partial charge >= 0.3 is 0 Å². The molecule has 0 spiro atoms. The Balaban J connectivity index is 2.55. The second-order valence-electron chi connectivity index (χ2n) is 4.05. The van der Waals surface area contributed by atoms with Crippen LogP contribution in [0.5, 0.6) is 0 Å². The van der Waals surface area contributed by atoms with E-state index >= 15 is 0 Å². The van der Waals surface area contributed by atoms with Gasteiger partial charge in [0.2, 0.25) is 0 Å². The average molecular weight is 233 g/mol. The molecule has 92 valence electrons. The molecule has 0 aliphatic rings. The number of hydrogen-bond acceptors (Lipinski definition) is 1. The first-order chi connectivity index (χ1) is 8.26. The van der Waals surface area contributed by atoms with Crippen LogP contribution in [0.4, 0.5) is 4.39 Å². The first-order valence-electron chi connectivity index (χ1n) is 6.13. The Morgan fingerprint density at radius 3 is 2.88 bits per heavy atom. The molecule has 0 saturated carbocycles. The minimum atomic E-state index is -0.161. The van der Waals surface area contributed by atoms with Crippen LogP contribution < -0.4 is 5.32 Å². The quantitative estimate of drug-likeness (QED) is 0.744. The molecule has 0 aliphatic heterocycles. The molecule has 1 aromatic carbocycles. The molecule has 1 rings (SSSR count). The van der Waals surface area contributed by atoms with Gasteiger partial charge in [-0.25, -0.2) is 4.39 Å². The molecule has 1 unspecified atom stereocenters. The van der Waals surface area contributed by atoms with E-state index in [0.717, 1.165) is 31.4 Å². The van der Waals surface area contributed by atoms with Crippen molar-refractivity contribution >= 4 is 0 Å². The van der Waals surface area contributed by atoms with Gasteiger partial charge in [0, 0.05) is 12.5 Å². The monoisotopic (exact) mass is 233 g/mol. The van der Waals surface area contributed by atoms with E-state index in [-0.39, 0.29) is 5.82 Å². The SMILES string of the molecule is CC#CCCC(Cc1cccc(F)c1)NCC. The molecule has 0 radical (unpaired) electrons. The molecular formula is C15H20FN. The Morgan fingerprint density at radius 2 is 2.24 bits per heavy atom. The fourth-order valence-corrected chi connectivity index (χ4v) is 1.88. The lowest BCUT2D eigenvalue weighted by atomic mass is 10.0. The van der Waals surface area contributed by atoms with Crippen LogP contribution in [0.3, 0.4) is 0 Å². The highest BCUT2D eigenvalue weighted by molar-refractivity contribution is 5.17. The van der Waals surface area contributed by atoms with Gasteiger partial charge in [0.25, 0.3) is 0 Å². The predicted molar refractivity (Wildman–Crippen MR) is 70.3 cm³/mol. The summed E-state index contributed by atoms with van der Waals surface area (Å²) in [6.07, 6.45) is 2.76. The summed E-state index contributed by atoms with van der Waals surface area (Å²) < 4.78 is 13.1. The summed E-state index contributed by atoms with van der Waals surface area (Å²) in [5.74, 6) is 5.81. The van der Waals surface area contributed by atoms with Crippen LogP contribution in [0, 0.1) is 17.7 Å². The fourth-order valence-electron chi connectivity index (χ4n) is 1.88. The molecular weight excluding hydrogens is 213 g/mol. The molecule has 17 heavy (non-hydrogen) atoms. The van der Waals surface area contributed by atoms with Gasteiger partial charge in [-0.1, -0.05) is 19.1 Å². The van der Waals surface area contributed by atoms with Gasteiger partial charge < -0.3 is 5.32 Å². The standard InChI is InChI=1S/C15H20FN/c1-3-5-6-10-15(17-4-2)12-13-8-7-9-14(16)11-13/h7-9,11,15,17H,4,6,10,12H2,1-2H3. The largest absolute Gasteiger partial charge is 0.314 e. The van der Waals surface area contributed by atoms with Gasteiger partial charge in [-0.3, -0.25) is 0 Å². The van der Waals surface area contributed by atoms with Crippen molar-refractivity contribution in [1.29, 1.82) is 0 Å². The Hall–Kier alpha value is -1.33. The van der Waals surface area contributed by atoms with E-state index in [1.165, 1.54) is 6.07 Å². The van der Waals surface area contributed by atoms with E-state index in [9.17, 15) is 4.39 Å². The number of benzene rings is 1. The smallest absolute Gasteiger partial charge is 0.123 e. The van der Waals surface area contributed by atoms with Gasteiger partial charge in [0.05, 0.1) is 0 Å². The van der Waals surface area contributed by atoms with Gasteiger partial charge in [-0.2, -0.15) is 0 Å². The van der Waals surface area contributed by atoms with Crippen molar-refractivity contribution in [3.8, 4) is 11.8 Å². The fraction of sp³-hybridized carbons (Fsp3) is 0.467. The summed E-state index contributed by atoms with van der Waals surface area (Å²) in [5.41, 5.74) is 1.04. The van der Waals surface area contributed by atoms with E-state index in [0.29, 0.717) is 6.04 Å². The summed E-state index contributed by atoms with van der Waals surface area (Å²) in [6.45, 7) is 4.87. The van der Waals surface area contributed by atoms with Gasteiger partial charge in [-0.05, 0) is 44.0 Å².